The monoisotopic (exact) mass is 325 g/mol. The lowest BCUT2D eigenvalue weighted by Crippen LogP contribution is -2.27. The third kappa shape index (κ3) is 2.46. The molecule has 3 aromatic rings. The molecule has 0 aliphatic carbocycles. The Morgan fingerprint density at radius 3 is 2.88 bits per heavy atom. The van der Waals surface area contributed by atoms with Crippen molar-refractivity contribution in [1.82, 2.24) is 20.0 Å². The molecule has 2 aromatic heterocycles. The minimum Gasteiger partial charge on any atom is -0.368 e. The van der Waals surface area contributed by atoms with Crippen molar-refractivity contribution in [3.63, 3.8) is 0 Å². The summed E-state index contributed by atoms with van der Waals surface area (Å²) in [5, 5.41) is 15.5. The number of aromatic nitrogens is 4. The van der Waals surface area contributed by atoms with E-state index < -0.39 is 6.10 Å². The molecule has 2 atom stereocenters. The fraction of sp³-hybridized carbons (Fsp3) is 0.353. The molecule has 3 heterocycles. The topological polar surface area (TPSA) is 84.8 Å². The lowest BCUT2D eigenvalue weighted by atomic mass is 10.1. The molecular formula is C17H19N5O2. The van der Waals surface area contributed by atoms with E-state index in [1.54, 1.807) is 4.68 Å². The second-order valence-electron chi connectivity index (χ2n) is 6.29. The summed E-state index contributed by atoms with van der Waals surface area (Å²) in [6.07, 6.45) is 0.331. The molecule has 0 bridgehead atoms. The minimum atomic E-state index is -0.407. The molecule has 4 rings (SSSR count). The molecule has 1 aromatic carbocycles. The van der Waals surface area contributed by atoms with Crippen LogP contribution >= 0.6 is 0 Å². The van der Waals surface area contributed by atoms with E-state index in [9.17, 15) is 4.79 Å². The maximum atomic E-state index is 12.4. The normalized spacial score (nSPS) is 20.6. The van der Waals surface area contributed by atoms with Crippen molar-refractivity contribution in [2.75, 3.05) is 11.9 Å². The molecule has 7 nitrogen and oxygen atoms in total. The van der Waals surface area contributed by atoms with Gasteiger partial charge in [-0.15, -0.1) is 0 Å². The highest BCUT2D eigenvalue weighted by Crippen LogP contribution is 2.32. The molecule has 124 valence electrons. The van der Waals surface area contributed by atoms with Gasteiger partial charge >= 0.3 is 0 Å². The van der Waals surface area contributed by atoms with Crippen molar-refractivity contribution in [3.05, 3.63) is 30.3 Å². The van der Waals surface area contributed by atoms with Crippen molar-refractivity contribution in [3.8, 4) is 11.3 Å². The highest BCUT2D eigenvalue weighted by atomic mass is 16.5. The van der Waals surface area contributed by atoms with Gasteiger partial charge in [0, 0.05) is 12.6 Å². The average molecular weight is 325 g/mol. The summed E-state index contributed by atoms with van der Waals surface area (Å²) in [5.41, 5.74) is 2.47. The Morgan fingerprint density at radius 1 is 1.38 bits per heavy atom. The van der Waals surface area contributed by atoms with E-state index in [-0.39, 0.29) is 5.91 Å². The molecule has 0 saturated carbocycles. The average Bonchev–Trinajstić information content (AvgIpc) is 3.27. The molecule has 1 aliphatic rings. The zero-order chi connectivity index (χ0) is 16.7. The first kappa shape index (κ1) is 14.9. The van der Waals surface area contributed by atoms with Crippen molar-refractivity contribution in [2.24, 2.45) is 13.0 Å². The number of H-pyrrole nitrogens is 1. The highest BCUT2D eigenvalue weighted by molar-refractivity contribution is 6.06. The number of amides is 1. The summed E-state index contributed by atoms with van der Waals surface area (Å²) in [4.78, 5) is 12.4. The zero-order valence-electron chi connectivity index (χ0n) is 13.6. The van der Waals surface area contributed by atoms with E-state index in [4.69, 9.17) is 4.74 Å². The van der Waals surface area contributed by atoms with E-state index in [1.165, 1.54) is 0 Å². The molecule has 1 aliphatic heterocycles. The van der Waals surface area contributed by atoms with E-state index >= 15 is 0 Å². The number of benzene rings is 1. The lowest BCUT2D eigenvalue weighted by molar-refractivity contribution is -0.124. The van der Waals surface area contributed by atoms with Crippen molar-refractivity contribution < 1.29 is 9.53 Å². The van der Waals surface area contributed by atoms with Crippen molar-refractivity contribution >= 4 is 22.8 Å². The highest BCUT2D eigenvalue weighted by Gasteiger charge is 2.29. The number of ether oxygens (including phenoxy) is 1. The van der Waals surface area contributed by atoms with Gasteiger partial charge < -0.3 is 10.1 Å². The van der Waals surface area contributed by atoms with Crippen molar-refractivity contribution in [1.29, 1.82) is 0 Å². The van der Waals surface area contributed by atoms with E-state index in [2.05, 4.69) is 27.5 Å². The van der Waals surface area contributed by atoms with Gasteiger partial charge in [0.25, 0.3) is 5.91 Å². The van der Waals surface area contributed by atoms with Crippen LogP contribution < -0.4 is 5.32 Å². The molecule has 1 saturated heterocycles. The lowest BCUT2D eigenvalue weighted by Gasteiger charge is -2.09. The molecule has 7 heteroatoms. The fourth-order valence-corrected chi connectivity index (χ4v) is 3.10. The number of rotatable bonds is 3. The largest absolute Gasteiger partial charge is 0.368 e. The number of fused-ring (bicyclic) bond motifs is 1. The number of nitrogens with one attached hydrogen (secondary N) is 2. The van der Waals surface area contributed by atoms with Crippen LogP contribution in [0.15, 0.2) is 30.3 Å². The minimum absolute atomic E-state index is 0.146. The van der Waals surface area contributed by atoms with Crippen LogP contribution in [0.3, 0.4) is 0 Å². The van der Waals surface area contributed by atoms with Gasteiger partial charge in [0.2, 0.25) is 0 Å². The molecule has 0 spiro atoms. The molecule has 1 fully saturated rings. The second-order valence-corrected chi connectivity index (χ2v) is 6.29. The summed E-state index contributed by atoms with van der Waals surface area (Å²) in [6.45, 7) is 2.70. The van der Waals surface area contributed by atoms with Crippen LogP contribution in [0.4, 0.5) is 5.82 Å². The molecular weight excluding hydrogens is 306 g/mol. The van der Waals surface area contributed by atoms with Gasteiger partial charge in [-0.05, 0) is 12.3 Å². The van der Waals surface area contributed by atoms with Gasteiger partial charge in [0.1, 0.15) is 17.6 Å². The third-order valence-electron chi connectivity index (χ3n) is 4.33. The van der Waals surface area contributed by atoms with Gasteiger partial charge in [-0.3, -0.25) is 9.89 Å². The first-order valence-corrected chi connectivity index (χ1v) is 8.02. The predicted molar refractivity (Wildman–Crippen MR) is 90.4 cm³/mol. The first-order valence-electron chi connectivity index (χ1n) is 8.02. The number of aryl methyl sites for hydroxylation is 1. The van der Waals surface area contributed by atoms with Gasteiger partial charge in [0.05, 0.1) is 12.0 Å². The van der Waals surface area contributed by atoms with Gasteiger partial charge in [-0.2, -0.15) is 10.2 Å². The van der Waals surface area contributed by atoms with Crippen LogP contribution in [0.25, 0.3) is 22.3 Å². The van der Waals surface area contributed by atoms with Gasteiger partial charge in [-0.25, -0.2) is 4.68 Å². The molecule has 2 N–H and O–H groups in total. The third-order valence-corrected chi connectivity index (χ3v) is 4.33. The number of carbonyl (C=O) groups is 1. The van der Waals surface area contributed by atoms with Gasteiger partial charge in [0.15, 0.2) is 5.65 Å². The predicted octanol–water partition coefficient (Wildman–Crippen LogP) is 2.33. The fourth-order valence-electron chi connectivity index (χ4n) is 3.10. The Labute approximate surface area is 139 Å². The summed E-state index contributed by atoms with van der Waals surface area (Å²) >= 11 is 0. The van der Waals surface area contributed by atoms with Crippen LogP contribution in [0.1, 0.15) is 13.3 Å². The SMILES string of the molecule is CC1COC(C(=O)Nc2[nH]nc3c2c(-c2ccccc2)nn3C)C1. The molecule has 0 radical (unpaired) electrons. The molecule has 1 amide bonds. The van der Waals surface area contributed by atoms with Crippen LogP contribution in [0.5, 0.6) is 0 Å². The second kappa shape index (κ2) is 5.76. The van der Waals surface area contributed by atoms with Crippen LogP contribution in [-0.4, -0.2) is 38.6 Å². The van der Waals surface area contributed by atoms with Gasteiger partial charge in [-0.1, -0.05) is 37.3 Å². The van der Waals surface area contributed by atoms with E-state index in [0.717, 1.165) is 23.1 Å². The number of nitrogens with zero attached hydrogens (tertiary/aromatic N) is 3. The van der Waals surface area contributed by atoms with E-state index in [0.29, 0.717) is 24.0 Å². The number of carbonyl (C=O) groups excluding carboxylic acids is 1. The summed E-state index contributed by atoms with van der Waals surface area (Å²) in [6, 6.07) is 9.86. The Bertz CT molecular complexity index is 883. The Kier molecular flexibility index (Phi) is 3.57. The first-order chi connectivity index (χ1) is 11.6. The smallest absolute Gasteiger partial charge is 0.254 e. The zero-order valence-corrected chi connectivity index (χ0v) is 13.6. The maximum absolute atomic E-state index is 12.4. The Hall–Kier alpha value is -2.67. The number of hydrogen-bond donors (Lipinski definition) is 2. The standard InChI is InChI=1S/C17H19N5O2/c1-10-8-12(24-9-10)17(23)18-15-13-14(11-6-4-3-5-7-11)21-22(2)16(13)20-19-15/h3-7,10,12H,8-9H2,1-2H3,(H2,18,19,20,23). The Morgan fingerprint density at radius 2 is 2.17 bits per heavy atom. The quantitative estimate of drug-likeness (QED) is 0.774. The van der Waals surface area contributed by atoms with Crippen molar-refractivity contribution in [2.45, 2.75) is 19.4 Å². The summed E-state index contributed by atoms with van der Waals surface area (Å²) in [7, 11) is 1.84. The molecule has 24 heavy (non-hydrogen) atoms. The van der Waals surface area contributed by atoms with Crippen LogP contribution in [0.2, 0.25) is 0 Å². The maximum Gasteiger partial charge on any atom is 0.254 e. The van der Waals surface area contributed by atoms with E-state index in [1.807, 2.05) is 37.4 Å². The Balaban J connectivity index is 1.70. The number of hydrogen-bond acceptors (Lipinski definition) is 4. The summed E-state index contributed by atoms with van der Waals surface area (Å²) < 4.78 is 7.25. The van der Waals surface area contributed by atoms with Crippen LogP contribution in [0, 0.1) is 5.92 Å². The number of anilines is 1. The number of aromatic amines is 1. The molecule has 2 unspecified atom stereocenters. The van der Waals surface area contributed by atoms with Crippen LogP contribution in [-0.2, 0) is 16.6 Å². The summed E-state index contributed by atoms with van der Waals surface area (Å²) in [5.74, 6) is 0.818.